The number of carbonyl (C=O) groups excluding carboxylic acids is 1. The highest BCUT2D eigenvalue weighted by molar-refractivity contribution is 6.01. The SMILES string of the molecule is COc1cc(/C=C2\CCC[C@H](C)C2=O)cc(OC)c1OCc1ccccc1. The topological polar surface area (TPSA) is 44.8 Å². The van der Waals surface area contributed by atoms with E-state index in [2.05, 4.69) is 0 Å². The van der Waals surface area contributed by atoms with E-state index in [9.17, 15) is 4.79 Å². The maximum Gasteiger partial charge on any atom is 0.203 e. The largest absolute Gasteiger partial charge is 0.493 e. The number of benzene rings is 2. The predicted octanol–water partition coefficient (Wildman–Crippen LogP) is 5.06. The van der Waals surface area contributed by atoms with Crippen molar-refractivity contribution < 1.29 is 19.0 Å². The van der Waals surface area contributed by atoms with Gasteiger partial charge in [-0.3, -0.25) is 4.79 Å². The summed E-state index contributed by atoms with van der Waals surface area (Å²) in [7, 11) is 3.21. The maximum absolute atomic E-state index is 12.4. The van der Waals surface area contributed by atoms with Crippen LogP contribution in [0.1, 0.15) is 37.3 Å². The average molecular weight is 366 g/mol. The zero-order valence-corrected chi connectivity index (χ0v) is 16.2. The van der Waals surface area contributed by atoms with Gasteiger partial charge in [-0.25, -0.2) is 0 Å². The van der Waals surface area contributed by atoms with Crippen molar-refractivity contribution in [3.8, 4) is 17.2 Å². The van der Waals surface area contributed by atoms with E-state index in [0.29, 0.717) is 23.9 Å². The molecular formula is C23H26O4. The van der Waals surface area contributed by atoms with Crippen LogP contribution in [0.5, 0.6) is 17.2 Å². The van der Waals surface area contributed by atoms with Crippen molar-refractivity contribution in [1.29, 1.82) is 0 Å². The highest BCUT2D eigenvalue weighted by Gasteiger charge is 2.23. The summed E-state index contributed by atoms with van der Waals surface area (Å²) in [5.41, 5.74) is 2.82. The number of hydrogen-bond acceptors (Lipinski definition) is 4. The number of ether oxygens (including phenoxy) is 3. The fourth-order valence-electron chi connectivity index (χ4n) is 3.37. The Morgan fingerprint density at radius 3 is 2.37 bits per heavy atom. The van der Waals surface area contributed by atoms with E-state index >= 15 is 0 Å². The van der Waals surface area contributed by atoms with Crippen molar-refractivity contribution >= 4 is 11.9 Å². The third-order valence-corrected chi connectivity index (χ3v) is 4.90. The van der Waals surface area contributed by atoms with Gasteiger partial charge >= 0.3 is 0 Å². The van der Waals surface area contributed by atoms with Gasteiger partial charge in [0.15, 0.2) is 17.3 Å². The van der Waals surface area contributed by atoms with Gasteiger partial charge in [0.05, 0.1) is 14.2 Å². The van der Waals surface area contributed by atoms with Crippen LogP contribution in [0.4, 0.5) is 0 Å². The number of rotatable bonds is 6. The fourth-order valence-corrected chi connectivity index (χ4v) is 3.37. The molecule has 0 amide bonds. The predicted molar refractivity (Wildman–Crippen MR) is 106 cm³/mol. The first-order valence-corrected chi connectivity index (χ1v) is 9.30. The quantitative estimate of drug-likeness (QED) is 0.671. The Bertz CT molecular complexity index is 799. The van der Waals surface area contributed by atoms with Crippen molar-refractivity contribution in [2.45, 2.75) is 32.8 Å². The number of methoxy groups -OCH3 is 2. The second-order valence-electron chi connectivity index (χ2n) is 6.86. The standard InChI is InChI=1S/C23H26O4/c1-16-8-7-11-19(22(16)24)12-18-13-20(25-2)23(21(14-18)26-3)27-15-17-9-5-4-6-10-17/h4-6,9-10,12-14,16H,7-8,11,15H2,1-3H3/b19-12+/t16-/m0/s1. The summed E-state index contributed by atoms with van der Waals surface area (Å²) in [4.78, 5) is 12.4. The molecule has 4 nitrogen and oxygen atoms in total. The molecule has 1 atom stereocenters. The molecule has 0 bridgehead atoms. The molecule has 2 aromatic rings. The van der Waals surface area contributed by atoms with Crippen LogP contribution < -0.4 is 14.2 Å². The molecule has 1 saturated carbocycles. The molecule has 4 heteroatoms. The minimum atomic E-state index is 0.0993. The summed E-state index contributed by atoms with van der Waals surface area (Å²) in [5.74, 6) is 2.09. The molecule has 0 radical (unpaired) electrons. The zero-order chi connectivity index (χ0) is 19.2. The maximum atomic E-state index is 12.4. The minimum absolute atomic E-state index is 0.0993. The lowest BCUT2D eigenvalue weighted by Gasteiger charge is -2.20. The van der Waals surface area contributed by atoms with Gasteiger partial charge in [-0.2, -0.15) is 0 Å². The molecule has 1 aliphatic carbocycles. The monoisotopic (exact) mass is 366 g/mol. The summed E-state index contributed by atoms with van der Waals surface area (Å²) in [6.07, 6.45) is 4.78. The Labute approximate surface area is 160 Å². The van der Waals surface area contributed by atoms with Crippen molar-refractivity contribution in [2.24, 2.45) is 5.92 Å². The molecule has 1 aliphatic rings. The Morgan fingerprint density at radius 1 is 1.07 bits per heavy atom. The van der Waals surface area contributed by atoms with Gasteiger partial charge in [-0.05, 0) is 54.2 Å². The van der Waals surface area contributed by atoms with Gasteiger partial charge in [0.1, 0.15) is 6.61 Å². The Balaban J connectivity index is 1.89. The summed E-state index contributed by atoms with van der Waals surface area (Å²) >= 11 is 0. The van der Waals surface area contributed by atoms with Crippen LogP contribution in [0.2, 0.25) is 0 Å². The average Bonchev–Trinajstić information content (AvgIpc) is 2.70. The molecule has 0 aromatic heterocycles. The van der Waals surface area contributed by atoms with Crippen LogP contribution in [0.25, 0.3) is 6.08 Å². The van der Waals surface area contributed by atoms with E-state index in [0.717, 1.165) is 36.0 Å². The zero-order valence-electron chi connectivity index (χ0n) is 16.2. The summed E-state index contributed by atoms with van der Waals surface area (Å²) in [6, 6.07) is 13.7. The summed E-state index contributed by atoms with van der Waals surface area (Å²) in [5, 5.41) is 0. The van der Waals surface area contributed by atoms with Crippen LogP contribution in [0, 0.1) is 5.92 Å². The Kier molecular flexibility index (Phi) is 6.17. The molecule has 1 fully saturated rings. The third kappa shape index (κ3) is 4.51. The van der Waals surface area contributed by atoms with Gasteiger partial charge in [0.2, 0.25) is 5.75 Å². The van der Waals surface area contributed by atoms with Crippen LogP contribution in [0.3, 0.4) is 0 Å². The summed E-state index contributed by atoms with van der Waals surface area (Å²) < 4.78 is 17.1. The van der Waals surface area contributed by atoms with Crippen molar-refractivity contribution in [2.75, 3.05) is 14.2 Å². The van der Waals surface area contributed by atoms with Crippen LogP contribution in [-0.2, 0) is 11.4 Å². The molecule has 0 N–H and O–H groups in total. The number of ketones is 1. The van der Waals surface area contributed by atoms with Crippen LogP contribution >= 0.6 is 0 Å². The normalized spacial score (nSPS) is 18.4. The molecule has 0 spiro atoms. The van der Waals surface area contributed by atoms with Crippen LogP contribution in [-0.4, -0.2) is 20.0 Å². The number of carbonyl (C=O) groups is 1. The molecule has 142 valence electrons. The lowest BCUT2D eigenvalue weighted by atomic mass is 9.84. The Morgan fingerprint density at radius 2 is 1.74 bits per heavy atom. The lowest BCUT2D eigenvalue weighted by Crippen LogP contribution is -2.18. The molecule has 0 unspecified atom stereocenters. The highest BCUT2D eigenvalue weighted by Crippen LogP contribution is 2.40. The van der Waals surface area contributed by atoms with Gasteiger partial charge in [0.25, 0.3) is 0 Å². The Hall–Kier alpha value is -2.75. The van der Waals surface area contributed by atoms with Crippen molar-refractivity contribution in [1.82, 2.24) is 0 Å². The smallest absolute Gasteiger partial charge is 0.203 e. The summed E-state index contributed by atoms with van der Waals surface area (Å²) in [6.45, 7) is 2.42. The molecule has 0 aliphatic heterocycles. The van der Waals surface area contributed by atoms with E-state index in [1.54, 1.807) is 14.2 Å². The fraction of sp³-hybridized carbons (Fsp3) is 0.348. The van der Waals surface area contributed by atoms with Crippen molar-refractivity contribution in [3.63, 3.8) is 0 Å². The third-order valence-electron chi connectivity index (χ3n) is 4.90. The first-order valence-electron chi connectivity index (χ1n) is 9.30. The minimum Gasteiger partial charge on any atom is -0.493 e. The first kappa shape index (κ1) is 19.0. The molecule has 27 heavy (non-hydrogen) atoms. The highest BCUT2D eigenvalue weighted by atomic mass is 16.5. The van der Waals surface area contributed by atoms with E-state index in [-0.39, 0.29) is 11.7 Å². The molecule has 0 saturated heterocycles. The van der Waals surface area contributed by atoms with Gasteiger partial charge < -0.3 is 14.2 Å². The molecular weight excluding hydrogens is 340 g/mol. The van der Waals surface area contributed by atoms with Crippen LogP contribution in [0.15, 0.2) is 48.0 Å². The van der Waals surface area contributed by atoms with E-state index in [1.165, 1.54) is 0 Å². The number of Topliss-reactive ketones (excluding diaryl/α,β-unsaturated/α-hetero) is 1. The van der Waals surface area contributed by atoms with Gasteiger partial charge in [0, 0.05) is 5.92 Å². The second-order valence-corrected chi connectivity index (χ2v) is 6.86. The first-order chi connectivity index (χ1) is 13.1. The van der Waals surface area contributed by atoms with Crippen molar-refractivity contribution in [3.05, 3.63) is 59.2 Å². The van der Waals surface area contributed by atoms with E-state index in [4.69, 9.17) is 14.2 Å². The van der Waals surface area contributed by atoms with E-state index in [1.807, 2.05) is 55.5 Å². The number of allylic oxidation sites excluding steroid dienone is 1. The second kappa shape index (κ2) is 8.76. The molecule has 2 aromatic carbocycles. The number of hydrogen-bond donors (Lipinski definition) is 0. The van der Waals surface area contributed by atoms with Gasteiger partial charge in [-0.15, -0.1) is 0 Å². The van der Waals surface area contributed by atoms with Gasteiger partial charge in [-0.1, -0.05) is 37.3 Å². The molecule has 0 heterocycles. The lowest BCUT2D eigenvalue weighted by molar-refractivity contribution is -0.119. The van der Waals surface area contributed by atoms with E-state index < -0.39 is 0 Å². The molecule has 3 rings (SSSR count).